The molecule has 0 aromatic carbocycles. The second kappa shape index (κ2) is 4.68. The van der Waals surface area contributed by atoms with Crippen LogP contribution in [-0.2, 0) is 6.54 Å². The lowest BCUT2D eigenvalue weighted by Gasteiger charge is -2.10. The SMILES string of the molecule is Cc1cc(NCc2ccncc2C)n2ncnc2c1. The van der Waals surface area contributed by atoms with E-state index in [2.05, 4.69) is 40.3 Å². The minimum absolute atomic E-state index is 0.743. The summed E-state index contributed by atoms with van der Waals surface area (Å²) in [6.45, 7) is 4.86. The van der Waals surface area contributed by atoms with Crippen molar-refractivity contribution in [1.82, 2.24) is 19.6 Å². The number of fused-ring (bicyclic) bond motifs is 1. The molecule has 19 heavy (non-hydrogen) atoms. The van der Waals surface area contributed by atoms with Crippen molar-refractivity contribution in [3.05, 3.63) is 53.6 Å². The van der Waals surface area contributed by atoms with Gasteiger partial charge < -0.3 is 5.32 Å². The Morgan fingerprint density at radius 1 is 1.26 bits per heavy atom. The van der Waals surface area contributed by atoms with E-state index in [4.69, 9.17) is 0 Å². The van der Waals surface area contributed by atoms with E-state index in [0.29, 0.717) is 0 Å². The normalized spacial score (nSPS) is 10.8. The second-order valence-corrected chi connectivity index (χ2v) is 4.60. The predicted molar refractivity (Wildman–Crippen MR) is 74.0 cm³/mol. The van der Waals surface area contributed by atoms with Crippen molar-refractivity contribution in [2.45, 2.75) is 20.4 Å². The van der Waals surface area contributed by atoms with Crippen LogP contribution < -0.4 is 5.32 Å². The number of nitrogens with zero attached hydrogens (tertiary/aromatic N) is 4. The molecule has 1 N–H and O–H groups in total. The van der Waals surface area contributed by atoms with Crippen molar-refractivity contribution in [2.75, 3.05) is 5.32 Å². The zero-order valence-electron chi connectivity index (χ0n) is 11.0. The predicted octanol–water partition coefficient (Wildman–Crippen LogP) is 2.35. The van der Waals surface area contributed by atoms with Gasteiger partial charge >= 0.3 is 0 Å². The lowest BCUT2D eigenvalue weighted by atomic mass is 10.1. The van der Waals surface area contributed by atoms with Gasteiger partial charge in [0.25, 0.3) is 0 Å². The fraction of sp³-hybridized carbons (Fsp3) is 0.214. The van der Waals surface area contributed by atoms with E-state index in [-0.39, 0.29) is 0 Å². The number of pyridine rings is 2. The Hall–Kier alpha value is -2.43. The van der Waals surface area contributed by atoms with Crippen molar-refractivity contribution in [1.29, 1.82) is 0 Å². The van der Waals surface area contributed by atoms with Crippen LogP contribution in [0, 0.1) is 13.8 Å². The molecule has 3 aromatic rings. The minimum atomic E-state index is 0.743. The molecule has 3 rings (SSSR count). The van der Waals surface area contributed by atoms with Crippen molar-refractivity contribution >= 4 is 11.5 Å². The number of aryl methyl sites for hydroxylation is 2. The molecule has 5 heteroatoms. The molecule has 3 heterocycles. The maximum atomic E-state index is 4.23. The van der Waals surface area contributed by atoms with Gasteiger partial charge in [-0.2, -0.15) is 9.61 Å². The summed E-state index contributed by atoms with van der Waals surface area (Å²) in [4.78, 5) is 8.31. The first-order chi connectivity index (χ1) is 9.24. The smallest absolute Gasteiger partial charge is 0.157 e. The van der Waals surface area contributed by atoms with Gasteiger partial charge in [-0.1, -0.05) is 0 Å². The third-order valence-corrected chi connectivity index (χ3v) is 3.12. The van der Waals surface area contributed by atoms with E-state index >= 15 is 0 Å². The molecular weight excluding hydrogens is 238 g/mol. The number of anilines is 1. The number of hydrogen-bond acceptors (Lipinski definition) is 4. The third kappa shape index (κ3) is 2.27. The van der Waals surface area contributed by atoms with Gasteiger partial charge in [-0.3, -0.25) is 4.98 Å². The highest BCUT2D eigenvalue weighted by Gasteiger charge is 2.04. The number of rotatable bonds is 3. The Morgan fingerprint density at radius 3 is 3.00 bits per heavy atom. The summed E-state index contributed by atoms with van der Waals surface area (Å²) in [5.41, 5.74) is 4.42. The van der Waals surface area contributed by atoms with Crippen LogP contribution in [0.4, 0.5) is 5.82 Å². The Bertz CT molecular complexity index is 717. The monoisotopic (exact) mass is 253 g/mol. The molecular formula is C14H15N5. The van der Waals surface area contributed by atoms with Gasteiger partial charge in [0.2, 0.25) is 0 Å². The van der Waals surface area contributed by atoms with Crippen LogP contribution in [0.15, 0.2) is 36.9 Å². The molecule has 0 atom stereocenters. The molecule has 0 unspecified atom stereocenters. The number of nitrogens with one attached hydrogen (secondary N) is 1. The van der Waals surface area contributed by atoms with E-state index in [1.807, 2.05) is 29.0 Å². The molecule has 0 amide bonds. The van der Waals surface area contributed by atoms with Crippen LogP contribution in [0.5, 0.6) is 0 Å². The van der Waals surface area contributed by atoms with Gasteiger partial charge in [-0.25, -0.2) is 4.98 Å². The fourth-order valence-corrected chi connectivity index (χ4v) is 2.07. The maximum absolute atomic E-state index is 4.23. The Labute approximate surface area is 111 Å². The summed E-state index contributed by atoms with van der Waals surface area (Å²) in [7, 11) is 0. The quantitative estimate of drug-likeness (QED) is 0.778. The molecule has 0 aliphatic carbocycles. The van der Waals surface area contributed by atoms with E-state index in [0.717, 1.165) is 23.6 Å². The van der Waals surface area contributed by atoms with E-state index in [1.54, 1.807) is 6.33 Å². The third-order valence-electron chi connectivity index (χ3n) is 3.12. The maximum Gasteiger partial charge on any atom is 0.157 e. The summed E-state index contributed by atoms with van der Waals surface area (Å²) >= 11 is 0. The largest absolute Gasteiger partial charge is 0.366 e. The van der Waals surface area contributed by atoms with Crippen molar-refractivity contribution in [3.63, 3.8) is 0 Å². The number of hydrogen-bond donors (Lipinski definition) is 1. The summed E-state index contributed by atoms with van der Waals surface area (Å²) in [6.07, 6.45) is 5.25. The Morgan fingerprint density at radius 2 is 2.16 bits per heavy atom. The summed E-state index contributed by atoms with van der Waals surface area (Å²) in [5, 5.41) is 7.63. The molecule has 0 radical (unpaired) electrons. The highest BCUT2D eigenvalue weighted by Crippen LogP contribution is 2.15. The first kappa shape index (κ1) is 11.6. The van der Waals surface area contributed by atoms with Gasteiger partial charge in [-0.15, -0.1) is 0 Å². The van der Waals surface area contributed by atoms with Crippen molar-refractivity contribution in [2.24, 2.45) is 0 Å². The van der Waals surface area contributed by atoms with Crippen LogP contribution in [0.25, 0.3) is 5.65 Å². The highest BCUT2D eigenvalue weighted by atomic mass is 15.3. The van der Waals surface area contributed by atoms with Crippen molar-refractivity contribution < 1.29 is 0 Å². The molecule has 0 saturated carbocycles. The van der Waals surface area contributed by atoms with E-state index in [9.17, 15) is 0 Å². The molecule has 0 aliphatic rings. The number of aromatic nitrogens is 4. The molecule has 0 bridgehead atoms. The summed E-state index contributed by atoms with van der Waals surface area (Å²) in [6, 6.07) is 6.10. The van der Waals surface area contributed by atoms with Crippen LogP contribution in [0.3, 0.4) is 0 Å². The highest BCUT2D eigenvalue weighted by molar-refractivity contribution is 5.51. The Kier molecular flexibility index (Phi) is 2.87. The van der Waals surface area contributed by atoms with Crippen LogP contribution in [0.2, 0.25) is 0 Å². The molecule has 3 aromatic heterocycles. The van der Waals surface area contributed by atoms with Gasteiger partial charge in [0.1, 0.15) is 12.1 Å². The van der Waals surface area contributed by atoms with Gasteiger partial charge in [0.05, 0.1) is 0 Å². The summed E-state index contributed by atoms with van der Waals surface area (Å²) in [5.74, 6) is 0.948. The zero-order valence-corrected chi connectivity index (χ0v) is 11.0. The first-order valence-electron chi connectivity index (χ1n) is 6.18. The molecule has 0 spiro atoms. The molecule has 5 nitrogen and oxygen atoms in total. The summed E-state index contributed by atoms with van der Waals surface area (Å²) < 4.78 is 1.81. The van der Waals surface area contributed by atoms with Crippen LogP contribution in [0.1, 0.15) is 16.7 Å². The average Bonchev–Trinajstić information content (AvgIpc) is 2.85. The molecule has 0 fully saturated rings. The first-order valence-corrected chi connectivity index (χ1v) is 6.18. The standard InChI is InChI=1S/C14H15N5/c1-10-5-13(19-14(6-10)17-9-18-19)16-8-12-3-4-15-7-11(12)2/h3-7,9,16H,8H2,1-2H3. The molecule has 0 aliphatic heterocycles. The van der Waals surface area contributed by atoms with E-state index < -0.39 is 0 Å². The van der Waals surface area contributed by atoms with E-state index in [1.165, 1.54) is 11.1 Å². The lowest BCUT2D eigenvalue weighted by molar-refractivity contribution is 0.937. The fourth-order valence-electron chi connectivity index (χ4n) is 2.07. The minimum Gasteiger partial charge on any atom is -0.366 e. The second-order valence-electron chi connectivity index (χ2n) is 4.60. The molecule has 96 valence electrons. The van der Waals surface area contributed by atoms with Gasteiger partial charge in [0, 0.05) is 18.9 Å². The molecule has 0 saturated heterocycles. The van der Waals surface area contributed by atoms with Crippen LogP contribution in [-0.4, -0.2) is 19.6 Å². The Balaban J connectivity index is 1.90. The lowest BCUT2D eigenvalue weighted by Crippen LogP contribution is -2.06. The average molecular weight is 253 g/mol. The zero-order chi connectivity index (χ0) is 13.2. The van der Waals surface area contributed by atoms with Crippen LogP contribution >= 0.6 is 0 Å². The topological polar surface area (TPSA) is 55.1 Å². The van der Waals surface area contributed by atoms with Gasteiger partial charge in [0.15, 0.2) is 5.65 Å². The van der Waals surface area contributed by atoms with Gasteiger partial charge in [-0.05, 0) is 48.7 Å². The van der Waals surface area contributed by atoms with Crippen molar-refractivity contribution in [3.8, 4) is 0 Å².